The zero-order valence-corrected chi connectivity index (χ0v) is 19.4. The van der Waals surface area contributed by atoms with Crippen LogP contribution in [-0.4, -0.2) is 37.0 Å². The topological polar surface area (TPSA) is 111 Å². The number of hydrogen-bond acceptors (Lipinski definition) is 8. The number of carbonyl (C=O) groups is 4. The molecule has 10 heteroatoms. The first-order chi connectivity index (χ1) is 14.7. The second-order valence-corrected chi connectivity index (χ2v) is 9.40. The van der Waals surface area contributed by atoms with Crippen LogP contribution in [0, 0.1) is 13.8 Å². The van der Waals surface area contributed by atoms with Gasteiger partial charge in [0, 0.05) is 16.7 Å². The number of esters is 2. The molecule has 2 aromatic rings. The number of aryl methyl sites for hydroxylation is 2. The fourth-order valence-electron chi connectivity index (χ4n) is 3.40. The Balaban J connectivity index is 1.70. The van der Waals surface area contributed by atoms with Gasteiger partial charge in [-0.25, -0.2) is 9.59 Å². The second kappa shape index (κ2) is 9.61. The van der Waals surface area contributed by atoms with Crippen LogP contribution in [0.5, 0.6) is 0 Å². The van der Waals surface area contributed by atoms with Crippen molar-refractivity contribution in [1.82, 2.24) is 0 Å². The van der Waals surface area contributed by atoms with E-state index in [4.69, 9.17) is 9.47 Å². The molecule has 0 saturated heterocycles. The van der Waals surface area contributed by atoms with Crippen LogP contribution in [0.4, 0.5) is 10.0 Å². The maximum Gasteiger partial charge on any atom is 0.341 e. The average Bonchev–Trinajstić information content (AvgIpc) is 3.33. The lowest BCUT2D eigenvalue weighted by atomic mass is 10.1. The smallest absolute Gasteiger partial charge is 0.341 e. The zero-order chi connectivity index (χ0) is 22.7. The molecule has 0 fully saturated rings. The molecule has 2 amide bonds. The molecule has 1 aliphatic carbocycles. The number of amides is 2. The van der Waals surface area contributed by atoms with E-state index < -0.39 is 24.5 Å². The summed E-state index contributed by atoms with van der Waals surface area (Å²) >= 11 is 2.63. The van der Waals surface area contributed by atoms with E-state index in [1.165, 1.54) is 29.6 Å². The van der Waals surface area contributed by atoms with Gasteiger partial charge >= 0.3 is 11.9 Å². The molecule has 166 valence electrons. The molecule has 2 aromatic heterocycles. The highest BCUT2D eigenvalue weighted by Gasteiger charge is 2.29. The molecule has 0 aromatic carbocycles. The highest BCUT2D eigenvalue weighted by Crippen LogP contribution is 2.39. The standard InChI is InChI=1S/C21H24N2O6S2/c1-5-28-21(27)17-13-7-6-8-14(13)31-19(17)23-15(25)9-29-20(26)16-10(2)11(3)30-18(16)22-12(4)24/h5-9H2,1-4H3,(H,22,24)(H,23,25). The Morgan fingerprint density at radius 2 is 1.61 bits per heavy atom. The van der Waals surface area contributed by atoms with Crippen LogP contribution >= 0.6 is 22.7 Å². The third-order valence-electron chi connectivity index (χ3n) is 4.87. The first-order valence-corrected chi connectivity index (χ1v) is 11.5. The van der Waals surface area contributed by atoms with Crippen LogP contribution in [0.15, 0.2) is 0 Å². The molecular weight excluding hydrogens is 440 g/mol. The predicted octanol–water partition coefficient (Wildman–Crippen LogP) is 3.85. The number of fused-ring (bicyclic) bond motifs is 1. The fraction of sp³-hybridized carbons (Fsp3) is 0.429. The van der Waals surface area contributed by atoms with Gasteiger partial charge in [-0.1, -0.05) is 0 Å². The van der Waals surface area contributed by atoms with Gasteiger partial charge in [-0.05, 0) is 51.2 Å². The molecule has 0 saturated carbocycles. The van der Waals surface area contributed by atoms with Gasteiger partial charge in [0.1, 0.15) is 10.0 Å². The van der Waals surface area contributed by atoms with Crippen molar-refractivity contribution in [3.05, 3.63) is 32.0 Å². The van der Waals surface area contributed by atoms with E-state index >= 15 is 0 Å². The van der Waals surface area contributed by atoms with Crippen LogP contribution in [0.3, 0.4) is 0 Å². The van der Waals surface area contributed by atoms with Gasteiger partial charge in [-0.3, -0.25) is 9.59 Å². The third kappa shape index (κ3) is 4.96. The summed E-state index contributed by atoms with van der Waals surface area (Å²) in [6.45, 7) is 6.40. The Morgan fingerprint density at radius 3 is 2.29 bits per heavy atom. The average molecular weight is 465 g/mol. The lowest BCUT2D eigenvalue weighted by Crippen LogP contribution is -2.22. The first kappa shape index (κ1) is 23.0. The molecule has 0 bridgehead atoms. The van der Waals surface area contributed by atoms with Gasteiger partial charge in [-0.15, -0.1) is 22.7 Å². The van der Waals surface area contributed by atoms with E-state index in [1.807, 2.05) is 6.92 Å². The van der Waals surface area contributed by atoms with Crippen molar-refractivity contribution in [2.75, 3.05) is 23.8 Å². The first-order valence-electron chi connectivity index (χ1n) is 9.89. The zero-order valence-electron chi connectivity index (χ0n) is 17.8. The minimum Gasteiger partial charge on any atom is -0.462 e. The van der Waals surface area contributed by atoms with E-state index in [-0.39, 0.29) is 18.1 Å². The Hall–Kier alpha value is -2.72. The van der Waals surface area contributed by atoms with Crippen molar-refractivity contribution < 1.29 is 28.7 Å². The quantitative estimate of drug-likeness (QED) is 0.602. The number of carbonyl (C=O) groups excluding carboxylic acids is 4. The molecular formula is C21H24N2O6S2. The molecule has 8 nitrogen and oxygen atoms in total. The Bertz CT molecular complexity index is 1050. The molecule has 31 heavy (non-hydrogen) atoms. The van der Waals surface area contributed by atoms with Gasteiger partial charge in [0.05, 0.1) is 17.7 Å². The summed E-state index contributed by atoms with van der Waals surface area (Å²) in [4.78, 5) is 50.8. The Labute approximate surface area is 187 Å². The Kier molecular flexibility index (Phi) is 7.11. The van der Waals surface area contributed by atoms with E-state index in [0.29, 0.717) is 21.1 Å². The van der Waals surface area contributed by atoms with Crippen LogP contribution < -0.4 is 10.6 Å². The number of thiophene rings is 2. The van der Waals surface area contributed by atoms with Crippen LogP contribution in [-0.2, 0) is 31.9 Å². The van der Waals surface area contributed by atoms with Crippen molar-refractivity contribution in [3.8, 4) is 0 Å². The van der Waals surface area contributed by atoms with Gasteiger partial charge in [0.2, 0.25) is 5.91 Å². The number of hydrogen-bond donors (Lipinski definition) is 2. The SMILES string of the molecule is CCOC(=O)c1c(NC(=O)COC(=O)c2c(NC(C)=O)sc(C)c2C)sc2c1CCC2. The summed E-state index contributed by atoms with van der Waals surface area (Å²) in [5.41, 5.74) is 2.27. The summed E-state index contributed by atoms with van der Waals surface area (Å²) in [6.07, 6.45) is 2.60. The summed E-state index contributed by atoms with van der Waals surface area (Å²) in [6, 6.07) is 0. The lowest BCUT2D eigenvalue weighted by molar-refractivity contribution is -0.119. The van der Waals surface area contributed by atoms with Crippen molar-refractivity contribution in [2.24, 2.45) is 0 Å². The van der Waals surface area contributed by atoms with E-state index in [0.717, 1.165) is 34.6 Å². The molecule has 2 N–H and O–H groups in total. The van der Waals surface area contributed by atoms with Gasteiger partial charge < -0.3 is 20.1 Å². The monoisotopic (exact) mass is 464 g/mol. The largest absolute Gasteiger partial charge is 0.462 e. The highest BCUT2D eigenvalue weighted by atomic mass is 32.1. The molecule has 0 atom stereocenters. The fourth-order valence-corrected chi connectivity index (χ4v) is 5.79. The number of nitrogens with one attached hydrogen (secondary N) is 2. The van der Waals surface area contributed by atoms with Crippen molar-refractivity contribution in [1.29, 1.82) is 0 Å². The van der Waals surface area contributed by atoms with Crippen molar-refractivity contribution >= 4 is 56.4 Å². The van der Waals surface area contributed by atoms with Gasteiger partial charge in [-0.2, -0.15) is 0 Å². The maximum atomic E-state index is 12.6. The van der Waals surface area contributed by atoms with E-state index in [9.17, 15) is 19.2 Å². The van der Waals surface area contributed by atoms with E-state index in [1.54, 1.807) is 13.8 Å². The van der Waals surface area contributed by atoms with Crippen LogP contribution in [0.2, 0.25) is 0 Å². The third-order valence-corrected chi connectivity index (χ3v) is 7.20. The molecule has 0 spiro atoms. The van der Waals surface area contributed by atoms with Crippen molar-refractivity contribution in [2.45, 2.75) is 47.0 Å². The normalized spacial score (nSPS) is 12.3. The molecule has 1 aliphatic rings. The molecule has 2 heterocycles. The number of anilines is 2. The van der Waals surface area contributed by atoms with Gasteiger partial charge in [0.25, 0.3) is 5.91 Å². The van der Waals surface area contributed by atoms with Crippen LogP contribution in [0.1, 0.15) is 61.9 Å². The molecule has 0 radical (unpaired) electrons. The highest BCUT2D eigenvalue weighted by molar-refractivity contribution is 7.17. The molecule has 0 aliphatic heterocycles. The summed E-state index contributed by atoms with van der Waals surface area (Å²) in [5.74, 6) is -2.01. The summed E-state index contributed by atoms with van der Waals surface area (Å²) in [7, 11) is 0. The predicted molar refractivity (Wildman–Crippen MR) is 119 cm³/mol. The summed E-state index contributed by atoms with van der Waals surface area (Å²) in [5, 5.41) is 6.13. The van der Waals surface area contributed by atoms with Crippen LogP contribution in [0.25, 0.3) is 0 Å². The Morgan fingerprint density at radius 1 is 0.935 bits per heavy atom. The number of rotatable bonds is 7. The van der Waals surface area contributed by atoms with E-state index in [2.05, 4.69) is 10.6 Å². The lowest BCUT2D eigenvalue weighted by Gasteiger charge is -2.09. The summed E-state index contributed by atoms with van der Waals surface area (Å²) < 4.78 is 10.3. The van der Waals surface area contributed by atoms with Gasteiger partial charge in [0.15, 0.2) is 6.61 Å². The molecule has 0 unspecified atom stereocenters. The second-order valence-electron chi connectivity index (χ2n) is 7.07. The number of ether oxygens (including phenoxy) is 2. The maximum absolute atomic E-state index is 12.6. The minimum atomic E-state index is -0.694. The minimum absolute atomic E-state index is 0.241. The van der Waals surface area contributed by atoms with Crippen molar-refractivity contribution in [3.63, 3.8) is 0 Å². The molecule has 3 rings (SSSR count).